The lowest BCUT2D eigenvalue weighted by atomic mass is 9.97. The molecule has 2 heterocycles. The summed E-state index contributed by atoms with van der Waals surface area (Å²) in [6, 6.07) is 5.02. The van der Waals surface area contributed by atoms with Crippen LogP contribution < -0.4 is 14.9 Å². The lowest BCUT2D eigenvalue weighted by molar-refractivity contribution is -0.116. The van der Waals surface area contributed by atoms with Crippen LogP contribution in [-0.2, 0) is 21.2 Å². The molecule has 1 aromatic carbocycles. The molecule has 2 aliphatic heterocycles. The minimum Gasteiger partial charge on any atom is -0.316 e. The summed E-state index contributed by atoms with van der Waals surface area (Å²) in [7, 11) is -3.58. The molecule has 0 saturated carbocycles. The van der Waals surface area contributed by atoms with Crippen molar-refractivity contribution in [2.45, 2.75) is 37.6 Å². The second kappa shape index (κ2) is 6.22. The zero-order valence-electron chi connectivity index (χ0n) is 13.5. The van der Waals surface area contributed by atoms with E-state index in [-0.39, 0.29) is 22.8 Å². The van der Waals surface area contributed by atoms with Crippen molar-refractivity contribution in [1.82, 2.24) is 10.0 Å². The van der Waals surface area contributed by atoms with E-state index in [0.29, 0.717) is 6.54 Å². The van der Waals surface area contributed by atoms with Crippen LogP contribution in [0.4, 0.5) is 5.69 Å². The number of nitrogens with one attached hydrogen (secondary N) is 2. The van der Waals surface area contributed by atoms with Crippen LogP contribution >= 0.6 is 0 Å². The summed E-state index contributed by atoms with van der Waals surface area (Å²) >= 11 is 0. The predicted molar refractivity (Wildman–Crippen MR) is 88.9 cm³/mol. The van der Waals surface area contributed by atoms with Crippen LogP contribution in [0.1, 0.15) is 25.8 Å². The number of carbonyl (C=O) groups is 1. The topological polar surface area (TPSA) is 78.5 Å². The van der Waals surface area contributed by atoms with Gasteiger partial charge in [0.15, 0.2) is 0 Å². The number of benzene rings is 1. The number of piperidine rings is 1. The maximum atomic E-state index is 12.7. The summed E-state index contributed by atoms with van der Waals surface area (Å²) < 4.78 is 28.2. The van der Waals surface area contributed by atoms with Gasteiger partial charge in [-0.25, -0.2) is 13.1 Å². The normalized spacial score (nSPS) is 24.5. The van der Waals surface area contributed by atoms with Crippen LogP contribution in [0, 0.1) is 5.92 Å². The number of hydrogen-bond acceptors (Lipinski definition) is 4. The van der Waals surface area contributed by atoms with Crippen molar-refractivity contribution < 1.29 is 13.2 Å². The summed E-state index contributed by atoms with van der Waals surface area (Å²) in [4.78, 5) is 13.6. The monoisotopic (exact) mass is 337 g/mol. The van der Waals surface area contributed by atoms with Crippen LogP contribution in [0.2, 0.25) is 0 Å². The van der Waals surface area contributed by atoms with Gasteiger partial charge in [-0.05, 0) is 49.5 Å². The molecule has 2 aliphatic rings. The van der Waals surface area contributed by atoms with Crippen LogP contribution in [-0.4, -0.2) is 40.0 Å². The molecule has 126 valence electrons. The molecular formula is C16H23N3O3S. The van der Waals surface area contributed by atoms with Gasteiger partial charge >= 0.3 is 0 Å². The molecule has 0 radical (unpaired) electrons. The molecule has 2 N–H and O–H groups in total. The molecule has 2 atom stereocenters. The molecule has 1 fully saturated rings. The Bertz CT molecular complexity index is 717. The smallest absolute Gasteiger partial charge is 0.240 e. The fourth-order valence-electron chi connectivity index (χ4n) is 3.31. The SMILES string of the molecule is CC(=O)N1CCc2ccc(S(=O)(=O)NC3CCNCC3C)cc21. The minimum atomic E-state index is -3.58. The average molecular weight is 337 g/mol. The maximum absolute atomic E-state index is 12.7. The van der Waals surface area contributed by atoms with E-state index in [1.54, 1.807) is 17.0 Å². The van der Waals surface area contributed by atoms with Gasteiger partial charge in [-0.3, -0.25) is 4.79 Å². The molecule has 7 heteroatoms. The van der Waals surface area contributed by atoms with E-state index in [4.69, 9.17) is 0 Å². The Labute approximate surface area is 137 Å². The van der Waals surface area contributed by atoms with Crippen molar-refractivity contribution in [2.24, 2.45) is 5.92 Å². The molecule has 23 heavy (non-hydrogen) atoms. The number of carbonyl (C=O) groups excluding carboxylic acids is 1. The summed E-state index contributed by atoms with van der Waals surface area (Å²) in [6.07, 6.45) is 1.55. The van der Waals surface area contributed by atoms with Crippen molar-refractivity contribution in [3.63, 3.8) is 0 Å². The van der Waals surface area contributed by atoms with Gasteiger partial charge in [0, 0.05) is 25.2 Å². The van der Waals surface area contributed by atoms with Crippen LogP contribution in [0.3, 0.4) is 0 Å². The Balaban J connectivity index is 1.86. The highest BCUT2D eigenvalue weighted by atomic mass is 32.2. The first-order valence-corrected chi connectivity index (χ1v) is 9.51. The first kappa shape index (κ1) is 16.4. The molecule has 0 spiro atoms. The van der Waals surface area contributed by atoms with Crippen molar-refractivity contribution in [3.05, 3.63) is 23.8 Å². The summed E-state index contributed by atoms with van der Waals surface area (Å²) in [5.74, 6) is 0.194. The van der Waals surface area contributed by atoms with Gasteiger partial charge in [0.05, 0.1) is 4.90 Å². The Morgan fingerprint density at radius 1 is 1.39 bits per heavy atom. The van der Waals surface area contributed by atoms with Gasteiger partial charge in [-0.2, -0.15) is 0 Å². The van der Waals surface area contributed by atoms with Crippen LogP contribution in [0.5, 0.6) is 0 Å². The number of amides is 1. The van der Waals surface area contributed by atoms with E-state index in [1.807, 2.05) is 13.0 Å². The minimum absolute atomic E-state index is 0.0570. The summed E-state index contributed by atoms with van der Waals surface area (Å²) in [6.45, 7) is 5.80. The third-order valence-electron chi connectivity index (χ3n) is 4.73. The standard InChI is InChI=1S/C16H23N3O3S/c1-11-10-17-7-5-15(11)18-23(21,22)14-4-3-13-6-8-19(12(2)20)16(13)9-14/h3-4,9,11,15,17-18H,5-8,10H2,1-2H3. The van der Waals surface area contributed by atoms with E-state index in [2.05, 4.69) is 10.0 Å². The van der Waals surface area contributed by atoms with Gasteiger partial charge in [0.2, 0.25) is 15.9 Å². The number of fused-ring (bicyclic) bond motifs is 1. The van der Waals surface area contributed by atoms with Gasteiger partial charge < -0.3 is 10.2 Å². The van der Waals surface area contributed by atoms with Gasteiger partial charge in [-0.1, -0.05) is 13.0 Å². The fourth-order valence-corrected chi connectivity index (χ4v) is 4.71. The molecule has 2 unspecified atom stereocenters. The second-order valence-corrected chi connectivity index (χ2v) is 8.12. The van der Waals surface area contributed by atoms with Crippen molar-refractivity contribution in [1.29, 1.82) is 0 Å². The molecule has 3 rings (SSSR count). The first-order valence-electron chi connectivity index (χ1n) is 8.02. The predicted octanol–water partition coefficient (Wildman–Crippen LogP) is 0.872. The van der Waals surface area contributed by atoms with E-state index in [0.717, 1.165) is 37.2 Å². The quantitative estimate of drug-likeness (QED) is 0.858. The lowest BCUT2D eigenvalue weighted by Crippen LogP contribution is -2.48. The van der Waals surface area contributed by atoms with E-state index in [1.165, 1.54) is 6.92 Å². The van der Waals surface area contributed by atoms with Crippen molar-refractivity contribution in [3.8, 4) is 0 Å². The maximum Gasteiger partial charge on any atom is 0.240 e. The largest absolute Gasteiger partial charge is 0.316 e. The Hall–Kier alpha value is -1.44. The van der Waals surface area contributed by atoms with Gasteiger partial charge in [-0.15, -0.1) is 0 Å². The number of nitrogens with zero attached hydrogens (tertiary/aromatic N) is 1. The van der Waals surface area contributed by atoms with Crippen LogP contribution in [0.25, 0.3) is 0 Å². The van der Waals surface area contributed by atoms with E-state index in [9.17, 15) is 13.2 Å². The molecule has 0 bridgehead atoms. The Morgan fingerprint density at radius 3 is 2.87 bits per heavy atom. The molecule has 0 aromatic heterocycles. The fraction of sp³-hybridized carbons (Fsp3) is 0.562. The van der Waals surface area contributed by atoms with Gasteiger partial charge in [0.1, 0.15) is 0 Å². The third kappa shape index (κ3) is 3.27. The summed E-state index contributed by atoms with van der Waals surface area (Å²) in [5.41, 5.74) is 1.74. The highest BCUT2D eigenvalue weighted by Crippen LogP contribution is 2.30. The Kier molecular flexibility index (Phi) is 4.44. The lowest BCUT2D eigenvalue weighted by Gasteiger charge is -2.30. The Morgan fingerprint density at radius 2 is 2.17 bits per heavy atom. The third-order valence-corrected chi connectivity index (χ3v) is 6.22. The zero-order chi connectivity index (χ0) is 16.6. The molecule has 1 amide bonds. The average Bonchev–Trinajstić information content (AvgIpc) is 2.92. The highest BCUT2D eigenvalue weighted by molar-refractivity contribution is 7.89. The number of rotatable bonds is 3. The number of hydrogen-bond donors (Lipinski definition) is 2. The number of sulfonamides is 1. The molecular weight excluding hydrogens is 314 g/mol. The van der Waals surface area contributed by atoms with E-state index >= 15 is 0 Å². The van der Waals surface area contributed by atoms with Gasteiger partial charge in [0.25, 0.3) is 0 Å². The molecule has 6 nitrogen and oxygen atoms in total. The second-order valence-electron chi connectivity index (χ2n) is 6.41. The molecule has 1 saturated heterocycles. The van der Waals surface area contributed by atoms with Crippen molar-refractivity contribution >= 4 is 21.6 Å². The first-order chi connectivity index (χ1) is 10.9. The zero-order valence-corrected chi connectivity index (χ0v) is 14.3. The number of anilines is 1. The summed E-state index contributed by atoms with van der Waals surface area (Å²) in [5, 5.41) is 3.26. The molecule has 0 aliphatic carbocycles. The highest BCUT2D eigenvalue weighted by Gasteiger charge is 2.29. The molecule has 1 aromatic rings. The van der Waals surface area contributed by atoms with Crippen LogP contribution in [0.15, 0.2) is 23.1 Å². The van der Waals surface area contributed by atoms with Crippen molar-refractivity contribution in [2.75, 3.05) is 24.5 Å². The van der Waals surface area contributed by atoms with E-state index < -0.39 is 10.0 Å².